The van der Waals surface area contributed by atoms with Crippen molar-refractivity contribution in [3.63, 3.8) is 0 Å². The minimum absolute atomic E-state index is 0.294. The van der Waals surface area contributed by atoms with Crippen LogP contribution < -0.4 is 16.8 Å². The molecular formula is C13H14N6. The molecule has 1 aliphatic rings. The van der Waals surface area contributed by atoms with Gasteiger partial charge in [-0.25, -0.2) is 9.97 Å². The van der Waals surface area contributed by atoms with Crippen LogP contribution in [0.4, 0.5) is 11.6 Å². The van der Waals surface area contributed by atoms with E-state index >= 15 is 0 Å². The van der Waals surface area contributed by atoms with Gasteiger partial charge in [0.1, 0.15) is 23.4 Å². The van der Waals surface area contributed by atoms with Crippen LogP contribution in [0.1, 0.15) is 18.5 Å². The van der Waals surface area contributed by atoms with Gasteiger partial charge in [-0.1, -0.05) is 0 Å². The number of hydrogen-bond donors (Lipinski definition) is 3. The summed E-state index contributed by atoms with van der Waals surface area (Å²) in [6.45, 7) is 0. The summed E-state index contributed by atoms with van der Waals surface area (Å²) in [5, 5.41) is 13.8. The van der Waals surface area contributed by atoms with Crippen molar-refractivity contribution in [2.45, 2.75) is 24.9 Å². The number of rotatable bonds is 2. The SMILES string of the molecule is N#Cc1cc2cnc(N[C@H]3C[C@H](N)C3)cc2c(N)n1. The average molecular weight is 254 g/mol. The predicted octanol–water partition coefficient (Wildman–Crippen LogP) is 0.985. The van der Waals surface area contributed by atoms with E-state index in [2.05, 4.69) is 15.3 Å². The zero-order chi connectivity index (χ0) is 13.4. The first-order chi connectivity index (χ1) is 9.15. The maximum Gasteiger partial charge on any atom is 0.143 e. The smallest absolute Gasteiger partial charge is 0.143 e. The monoisotopic (exact) mass is 254 g/mol. The summed E-state index contributed by atoms with van der Waals surface area (Å²) < 4.78 is 0. The molecule has 0 spiro atoms. The van der Waals surface area contributed by atoms with Crippen LogP contribution in [0.25, 0.3) is 10.8 Å². The Balaban J connectivity index is 1.92. The minimum Gasteiger partial charge on any atom is -0.383 e. The van der Waals surface area contributed by atoms with Crippen molar-refractivity contribution in [1.82, 2.24) is 9.97 Å². The molecule has 6 heteroatoms. The minimum atomic E-state index is 0.294. The first kappa shape index (κ1) is 11.7. The fourth-order valence-electron chi connectivity index (χ4n) is 2.30. The Kier molecular flexibility index (Phi) is 2.69. The molecule has 6 nitrogen and oxygen atoms in total. The summed E-state index contributed by atoms with van der Waals surface area (Å²) in [6.07, 6.45) is 3.62. The number of pyridine rings is 2. The van der Waals surface area contributed by atoms with Crippen LogP contribution in [0.15, 0.2) is 18.3 Å². The van der Waals surface area contributed by atoms with Gasteiger partial charge in [0, 0.05) is 29.1 Å². The van der Waals surface area contributed by atoms with Gasteiger partial charge in [0.15, 0.2) is 0 Å². The summed E-state index contributed by atoms with van der Waals surface area (Å²) in [5.41, 5.74) is 11.9. The number of nitrogens with two attached hydrogens (primary N) is 2. The van der Waals surface area contributed by atoms with E-state index in [1.54, 1.807) is 12.3 Å². The number of hydrogen-bond acceptors (Lipinski definition) is 6. The molecule has 0 saturated heterocycles. The first-order valence-electron chi connectivity index (χ1n) is 6.14. The van der Waals surface area contributed by atoms with E-state index in [0.29, 0.717) is 23.6 Å². The fraction of sp³-hybridized carbons (Fsp3) is 0.308. The van der Waals surface area contributed by atoms with Crippen LogP contribution in [-0.4, -0.2) is 22.1 Å². The highest BCUT2D eigenvalue weighted by Gasteiger charge is 2.25. The van der Waals surface area contributed by atoms with Crippen molar-refractivity contribution in [3.05, 3.63) is 24.0 Å². The molecule has 96 valence electrons. The van der Waals surface area contributed by atoms with E-state index in [0.717, 1.165) is 29.4 Å². The molecule has 0 amide bonds. The molecule has 2 aromatic rings. The number of nitrogens with one attached hydrogen (secondary N) is 1. The summed E-state index contributed by atoms with van der Waals surface area (Å²) >= 11 is 0. The Morgan fingerprint density at radius 3 is 2.84 bits per heavy atom. The fourth-order valence-corrected chi connectivity index (χ4v) is 2.30. The largest absolute Gasteiger partial charge is 0.383 e. The number of aromatic nitrogens is 2. The van der Waals surface area contributed by atoms with Crippen molar-refractivity contribution in [2.24, 2.45) is 5.73 Å². The second-order valence-corrected chi connectivity index (χ2v) is 4.87. The lowest BCUT2D eigenvalue weighted by molar-refractivity contribution is 0.373. The third kappa shape index (κ3) is 2.16. The van der Waals surface area contributed by atoms with Crippen LogP contribution in [0, 0.1) is 11.3 Å². The van der Waals surface area contributed by atoms with Gasteiger partial charge < -0.3 is 16.8 Å². The zero-order valence-corrected chi connectivity index (χ0v) is 10.3. The predicted molar refractivity (Wildman–Crippen MR) is 73.3 cm³/mol. The Bertz CT molecular complexity index is 669. The first-order valence-corrected chi connectivity index (χ1v) is 6.14. The van der Waals surface area contributed by atoms with Crippen molar-refractivity contribution in [1.29, 1.82) is 5.26 Å². The molecule has 5 N–H and O–H groups in total. The molecule has 1 saturated carbocycles. The van der Waals surface area contributed by atoms with Gasteiger partial charge in [0.2, 0.25) is 0 Å². The number of nitrogens with zero attached hydrogens (tertiary/aromatic N) is 3. The normalized spacial score (nSPS) is 21.7. The van der Waals surface area contributed by atoms with Crippen LogP contribution in [0.2, 0.25) is 0 Å². The highest BCUT2D eigenvalue weighted by atomic mass is 15.0. The van der Waals surface area contributed by atoms with E-state index in [1.807, 2.05) is 12.1 Å². The van der Waals surface area contributed by atoms with Gasteiger partial charge >= 0.3 is 0 Å². The maximum absolute atomic E-state index is 8.85. The van der Waals surface area contributed by atoms with Gasteiger partial charge in [-0.15, -0.1) is 0 Å². The maximum atomic E-state index is 8.85. The molecule has 2 aromatic heterocycles. The van der Waals surface area contributed by atoms with Crippen LogP contribution in [0.3, 0.4) is 0 Å². The molecule has 0 radical (unpaired) electrons. The van der Waals surface area contributed by atoms with Crippen LogP contribution >= 0.6 is 0 Å². The second-order valence-electron chi connectivity index (χ2n) is 4.87. The molecule has 1 fully saturated rings. The molecule has 0 atom stereocenters. The molecule has 2 heterocycles. The van der Waals surface area contributed by atoms with Gasteiger partial charge in [-0.3, -0.25) is 0 Å². The van der Waals surface area contributed by atoms with Gasteiger partial charge in [0.25, 0.3) is 0 Å². The third-order valence-corrected chi connectivity index (χ3v) is 3.38. The Hall–Kier alpha value is -2.39. The lowest BCUT2D eigenvalue weighted by Crippen LogP contribution is -2.44. The Morgan fingerprint density at radius 1 is 1.37 bits per heavy atom. The van der Waals surface area contributed by atoms with Gasteiger partial charge in [-0.2, -0.15) is 5.26 Å². The number of anilines is 2. The van der Waals surface area contributed by atoms with E-state index in [9.17, 15) is 0 Å². The van der Waals surface area contributed by atoms with E-state index in [4.69, 9.17) is 16.7 Å². The molecule has 0 bridgehead atoms. The quantitative estimate of drug-likeness (QED) is 0.736. The van der Waals surface area contributed by atoms with E-state index in [-0.39, 0.29) is 0 Å². The lowest BCUT2D eigenvalue weighted by atomic mass is 9.88. The molecule has 19 heavy (non-hydrogen) atoms. The molecule has 0 aliphatic heterocycles. The average Bonchev–Trinajstić information content (AvgIpc) is 2.37. The standard InChI is InChI=1S/C13H14N6/c14-5-10-1-7-6-17-12(4-11(7)13(16)19-10)18-9-2-8(15)3-9/h1,4,6,8-9H,2-3,15H2,(H2,16,19)(H,17,18)/t8-,9-. The summed E-state index contributed by atoms with van der Waals surface area (Å²) in [6, 6.07) is 6.20. The second kappa shape index (κ2) is 4.37. The van der Waals surface area contributed by atoms with E-state index in [1.165, 1.54) is 0 Å². The Morgan fingerprint density at radius 2 is 2.16 bits per heavy atom. The summed E-state index contributed by atoms with van der Waals surface area (Å²) in [5.74, 6) is 1.12. The van der Waals surface area contributed by atoms with Crippen molar-refractivity contribution in [3.8, 4) is 6.07 Å². The lowest BCUT2D eigenvalue weighted by Gasteiger charge is -2.33. The summed E-state index contributed by atoms with van der Waals surface area (Å²) in [4.78, 5) is 8.35. The number of nitriles is 1. The zero-order valence-electron chi connectivity index (χ0n) is 10.3. The Labute approximate surface area is 110 Å². The van der Waals surface area contributed by atoms with Crippen molar-refractivity contribution < 1.29 is 0 Å². The van der Waals surface area contributed by atoms with Crippen LogP contribution in [-0.2, 0) is 0 Å². The highest BCUT2D eigenvalue weighted by Crippen LogP contribution is 2.25. The highest BCUT2D eigenvalue weighted by molar-refractivity contribution is 5.92. The van der Waals surface area contributed by atoms with Gasteiger partial charge in [0.05, 0.1) is 0 Å². The number of nitrogen functional groups attached to an aromatic ring is 1. The van der Waals surface area contributed by atoms with E-state index < -0.39 is 0 Å². The molecule has 1 aliphatic carbocycles. The molecule has 0 unspecified atom stereocenters. The molecule has 0 aromatic carbocycles. The topological polar surface area (TPSA) is 114 Å². The molecule has 3 rings (SSSR count). The summed E-state index contributed by atoms with van der Waals surface area (Å²) in [7, 11) is 0. The molecular weight excluding hydrogens is 240 g/mol. The van der Waals surface area contributed by atoms with Crippen molar-refractivity contribution in [2.75, 3.05) is 11.1 Å². The van der Waals surface area contributed by atoms with Crippen LogP contribution in [0.5, 0.6) is 0 Å². The number of fused-ring (bicyclic) bond motifs is 1. The third-order valence-electron chi connectivity index (χ3n) is 3.38. The van der Waals surface area contributed by atoms with Crippen molar-refractivity contribution >= 4 is 22.4 Å². The van der Waals surface area contributed by atoms with Gasteiger partial charge in [-0.05, 0) is 25.0 Å².